The van der Waals surface area contributed by atoms with Gasteiger partial charge in [0.2, 0.25) is 0 Å². The van der Waals surface area contributed by atoms with E-state index in [-0.39, 0.29) is 5.75 Å². The topological polar surface area (TPSA) is 33.1 Å². The molecule has 0 radical (unpaired) electrons. The Labute approximate surface area is 99.2 Å². The largest absolute Gasteiger partial charge is 0.507 e. The first-order valence-corrected chi connectivity index (χ1v) is 5.48. The minimum absolute atomic E-state index is 0.260. The smallest absolute Gasteiger partial charge is 0.124 e. The van der Waals surface area contributed by atoms with E-state index in [9.17, 15) is 5.11 Å². The Morgan fingerprint density at radius 1 is 0.824 bits per heavy atom. The monoisotopic (exact) mass is 221 g/mol. The van der Waals surface area contributed by atoms with Gasteiger partial charge in [0.25, 0.3) is 0 Å². The second-order valence-corrected chi connectivity index (χ2v) is 3.93. The third kappa shape index (κ3) is 1.74. The van der Waals surface area contributed by atoms with Crippen LogP contribution >= 0.6 is 0 Å². The summed E-state index contributed by atoms with van der Waals surface area (Å²) in [4.78, 5) is 4.38. The van der Waals surface area contributed by atoms with Crippen LogP contribution in [0.2, 0.25) is 0 Å². The van der Waals surface area contributed by atoms with Crippen molar-refractivity contribution in [2.75, 3.05) is 0 Å². The Morgan fingerprint density at radius 3 is 2.35 bits per heavy atom. The molecule has 17 heavy (non-hydrogen) atoms. The van der Waals surface area contributed by atoms with Gasteiger partial charge in [0.15, 0.2) is 0 Å². The van der Waals surface area contributed by atoms with Crippen LogP contribution in [0, 0.1) is 0 Å². The second kappa shape index (κ2) is 3.91. The Morgan fingerprint density at radius 2 is 1.53 bits per heavy atom. The molecule has 2 aromatic carbocycles. The number of rotatable bonds is 1. The van der Waals surface area contributed by atoms with Crippen molar-refractivity contribution in [3.8, 4) is 17.0 Å². The number of benzene rings is 2. The fourth-order valence-corrected chi connectivity index (χ4v) is 1.92. The van der Waals surface area contributed by atoms with Crippen molar-refractivity contribution in [3.63, 3.8) is 0 Å². The van der Waals surface area contributed by atoms with Crippen LogP contribution < -0.4 is 0 Å². The average molecular weight is 221 g/mol. The molecule has 82 valence electrons. The zero-order chi connectivity index (χ0) is 11.7. The highest BCUT2D eigenvalue weighted by molar-refractivity contribution is 5.85. The Kier molecular flexibility index (Phi) is 2.26. The molecule has 0 saturated carbocycles. The van der Waals surface area contributed by atoms with Crippen LogP contribution in [-0.2, 0) is 0 Å². The van der Waals surface area contributed by atoms with Crippen molar-refractivity contribution in [1.82, 2.24) is 4.98 Å². The van der Waals surface area contributed by atoms with Crippen molar-refractivity contribution >= 4 is 10.8 Å². The lowest BCUT2D eigenvalue weighted by molar-refractivity contribution is 0.477. The maximum Gasteiger partial charge on any atom is 0.124 e. The van der Waals surface area contributed by atoms with Gasteiger partial charge in [-0.25, -0.2) is 0 Å². The normalized spacial score (nSPS) is 10.6. The van der Waals surface area contributed by atoms with E-state index in [1.807, 2.05) is 48.7 Å². The highest BCUT2D eigenvalue weighted by atomic mass is 16.3. The number of hydrogen-bond donors (Lipinski definition) is 1. The first-order chi connectivity index (χ1) is 8.34. The average Bonchev–Trinajstić information content (AvgIpc) is 2.39. The molecule has 0 fully saturated rings. The molecule has 0 saturated heterocycles. The summed E-state index contributed by atoms with van der Waals surface area (Å²) in [6, 6.07) is 17.3. The molecule has 0 atom stereocenters. The molecular weight excluding hydrogens is 210 g/mol. The molecule has 0 amide bonds. The van der Waals surface area contributed by atoms with E-state index in [0.29, 0.717) is 0 Å². The summed E-state index contributed by atoms with van der Waals surface area (Å²) in [6.45, 7) is 0. The van der Waals surface area contributed by atoms with Gasteiger partial charge in [-0.1, -0.05) is 36.4 Å². The quantitative estimate of drug-likeness (QED) is 0.681. The van der Waals surface area contributed by atoms with E-state index >= 15 is 0 Å². The number of hydrogen-bond acceptors (Lipinski definition) is 2. The summed E-state index contributed by atoms with van der Waals surface area (Å²) in [5, 5.41) is 12.0. The number of phenolic OH excluding ortho intramolecular Hbond substituents is 1. The molecule has 0 bridgehead atoms. The van der Waals surface area contributed by atoms with Gasteiger partial charge in [-0.15, -0.1) is 0 Å². The number of nitrogens with zero attached hydrogens (tertiary/aromatic N) is 1. The van der Waals surface area contributed by atoms with Gasteiger partial charge in [-0.2, -0.15) is 0 Å². The van der Waals surface area contributed by atoms with E-state index in [1.54, 1.807) is 12.1 Å². The van der Waals surface area contributed by atoms with Gasteiger partial charge in [0.05, 0.1) is 5.69 Å². The second-order valence-electron chi connectivity index (χ2n) is 3.93. The van der Waals surface area contributed by atoms with E-state index in [0.717, 1.165) is 22.0 Å². The van der Waals surface area contributed by atoms with E-state index in [2.05, 4.69) is 4.98 Å². The third-order valence-electron chi connectivity index (χ3n) is 2.81. The lowest BCUT2D eigenvalue weighted by Crippen LogP contribution is -1.84. The molecule has 0 aliphatic carbocycles. The van der Waals surface area contributed by atoms with Crippen molar-refractivity contribution in [1.29, 1.82) is 0 Å². The van der Waals surface area contributed by atoms with Crippen molar-refractivity contribution in [2.45, 2.75) is 0 Å². The predicted molar refractivity (Wildman–Crippen MR) is 68.8 cm³/mol. The molecule has 3 aromatic rings. The summed E-state index contributed by atoms with van der Waals surface area (Å²) in [6.07, 6.45) is 1.83. The summed E-state index contributed by atoms with van der Waals surface area (Å²) in [7, 11) is 0. The van der Waals surface area contributed by atoms with Crippen molar-refractivity contribution in [2.24, 2.45) is 0 Å². The summed E-state index contributed by atoms with van der Waals surface area (Å²) < 4.78 is 0. The number of pyridine rings is 1. The molecule has 0 aliphatic rings. The Bertz CT molecular complexity index is 676. The summed E-state index contributed by atoms with van der Waals surface area (Å²) in [5.41, 5.74) is 1.56. The van der Waals surface area contributed by atoms with E-state index in [1.165, 1.54) is 0 Å². The van der Waals surface area contributed by atoms with Gasteiger partial charge in [-0.3, -0.25) is 4.98 Å². The van der Waals surface area contributed by atoms with Crippen LogP contribution in [0.25, 0.3) is 22.0 Å². The number of aromatic hydroxyl groups is 1. The molecule has 3 rings (SSSR count). The van der Waals surface area contributed by atoms with Gasteiger partial charge < -0.3 is 5.11 Å². The van der Waals surface area contributed by atoms with Crippen LogP contribution in [0.5, 0.6) is 5.75 Å². The molecule has 1 heterocycles. The fraction of sp³-hybridized carbons (Fsp3) is 0. The summed E-state index contributed by atoms with van der Waals surface area (Å²) >= 11 is 0. The van der Waals surface area contributed by atoms with E-state index in [4.69, 9.17) is 0 Å². The Hall–Kier alpha value is -2.35. The lowest BCUT2D eigenvalue weighted by Gasteiger charge is -2.04. The molecular formula is C15H11NO. The standard InChI is InChI=1S/C15H11NO/c17-15-8-4-3-7-13(15)14-9-11-5-1-2-6-12(11)10-16-14/h1-10,17H. The molecule has 1 aromatic heterocycles. The van der Waals surface area contributed by atoms with Crippen LogP contribution in [0.15, 0.2) is 60.8 Å². The highest BCUT2D eigenvalue weighted by Gasteiger charge is 2.04. The third-order valence-corrected chi connectivity index (χ3v) is 2.81. The molecule has 1 N–H and O–H groups in total. The minimum Gasteiger partial charge on any atom is -0.507 e. The molecule has 2 nitrogen and oxygen atoms in total. The molecule has 0 aliphatic heterocycles. The number of phenols is 1. The van der Waals surface area contributed by atoms with E-state index < -0.39 is 0 Å². The van der Waals surface area contributed by atoms with Gasteiger partial charge in [0, 0.05) is 17.1 Å². The zero-order valence-corrected chi connectivity index (χ0v) is 9.17. The maximum atomic E-state index is 9.80. The van der Waals surface area contributed by atoms with Gasteiger partial charge in [-0.05, 0) is 23.6 Å². The lowest BCUT2D eigenvalue weighted by atomic mass is 10.1. The fourth-order valence-electron chi connectivity index (χ4n) is 1.92. The van der Waals surface area contributed by atoms with Crippen LogP contribution in [-0.4, -0.2) is 10.1 Å². The van der Waals surface area contributed by atoms with Gasteiger partial charge in [0.1, 0.15) is 5.75 Å². The first-order valence-electron chi connectivity index (χ1n) is 5.48. The molecule has 0 spiro atoms. The Balaban J connectivity index is 2.22. The number of aromatic nitrogens is 1. The van der Waals surface area contributed by atoms with Crippen LogP contribution in [0.4, 0.5) is 0 Å². The van der Waals surface area contributed by atoms with Crippen LogP contribution in [0.1, 0.15) is 0 Å². The first kappa shape index (κ1) is 9.85. The molecule has 0 unspecified atom stereocenters. The minimum atomic E-state index is 0.260. The summed E-state index contributed by atoms with van der Waals surface area (Å²) in [5.74, 6) is 0.260. The molecule has 2 heteroatoms. The SMILES string of the molecule is Oc1ccccc1-c1cc2ccccc2cn1. The maximum absolute atomic E-state index is 9.80. The van der Waals surface area contributed by atoms with Gasteiger partial charge >= 0.3 is 0 Å². The number of para-hydroxylation sites is 1. The zero-order valence-electron chi connectivity index (χ0n) is 9.17. The predicted octanol–water partition coefficient (Wildman–Crippen LogP) is 3.61. The highest BCUT2D eigenvalue weighted by Crippen LogP contribution is 2.28. The number of fused-ring (bicyclic) bond motifs is 1. The van der Waals surface area contributed by atoms with Crippen molar-refractivity contribution in [3.05, 3.63) is 60.8 Å². The van der Waals surface area contributed by atoms with Crippen LogP contribution in [0.3, 0.4) is 0 Å². The van der Waals surface area contributed by atoms with Crippen molar-refractivity contribution < 1.29 is 5.11 Å².